The molecule has 0 amide bonds. The average Bonchev–Trinajstić information content (AvgIpc) is 3.02. The van der Waals surface area contributed by atoms with E-state index in [1.165, 1.54) is 5.56 Å². The first-order valence-electron chi connectivity index (χ1n) is 8.65. The molecule has 5 nitrogen and oxygen atoms in total. The average molecular weight is 488 g/mol. The quantitative estimate of drug-likeness (QED) is 0.263. The van der Waals surface area contributed by atoms with Gasteiger partial charge in [-0.3, -0.25) is 4.99 Å². The fraction of sp³-hybridized carbons (Fsp3) is 0.474. The second-order valence-corrected chi connectivity index (χ2v) is 6.97. The maximum Gasteiger partial charge on any atom is 0.194 e. The third kappa shape index (κ3) is 7.49. The Bertz CT molecular complexity index is 690. The highest BCUT2D eigenvalue weighted by Crippen LogP contribution is 2.14. The molecule has 1 heterocycles. The molecule has 7 heteroatoms. The van der Waals surface area contributed by atoms with Gasteiger partial charge >= 0.3 is 0 Å². The van der Waals surface area contributed by atoms with E-state index >= 15 is 0 Å². The molecule has 2 aromatic rings. The molecule has 0 saturated carbocycles. The van der Waals surface area contributed by atoms with Crippen molar-refractivity contribution in [3.63, 3.8) is 0 Å². The van der Waals surface area contributed by atoms with Crippen molar-refractivity contribution in [2.24, 2.45) is 4.99 Å². The topological polar surface area (TPSA) is 49.8 Å². The van der Waals surface area contributed by atoms with Crippen LogP contribution in [0.15, 0.2) is 34.6 Å². The van der Waals surface area contributed by atoms with Crippen molar-refractivity contribution in [2.45, 2.75) is 33.2 Å². The van der Waals surface area contributed by atoms with Gasteiger partial charge in [-0.05, 0) is 44.4 Å². The largest absolute Gasteiger partial charge is 0.497 e. The van der Waals surface area contributed by atoms with Crippen molar-refractivity contribution >= 4 is 41.3 Å². The third-order valence-electron chi connectivity index (χ3n) is 3.78. The number of hydrogen-bond donors (Lipinski definition) is 1. The summed E-state index contributed by atoms with van der Waals surface area (Å²) in [7, 11) is 3.75. The fourth-order valence-corrected chi connectivity index (χ4v) is 3.17. The van der Waals surface area contributed by atoms with Crippen LogP contribution in [-0.4, -0.2) is 43.1 Å². The van der Waals surface area contributed by atoms with Gasteiger partial charge in [0.15, 0.2) is 5.96 Å². The molecule has 0 atom stereocenters. The summed E-state index contributed by atoms with van der Waals surface area (Å²) < 4.78 is 5.27. The van der Waals surface area contributed by atoms with Gasteiger partial charge in [-0.15, -0.1) is 35.3 Å². The van der Waals surface area contributed by atoms with Gasteiger partial charge in [0.05, 0.1) is 24.4 Å². The first-order valence-corrected chi connectivity index (χ1v) is 9.53. The summed E-state index contributed by atoms with van der Waals surface area (Å²) >= 11 is 1.69. The zero-order valence-electron chi connectivity index (χ0n) is 16.0. The van der Waals surface area contributed by atoms with Crippen LogP contribution in [0.2, 0.25) is 0 Å². The number of hydrogen-bond acceptors (Lipinski definition) is 4. The molecule has 26 heavy (non-hydrogen) atoms. The number of nitrogens with zero attached hydrogens (tertiary/aromatic N) is 3. The molecule has 0 aliphatic carbocycles. The maximum atomic E-state index is 5.27. The monoisotopic (exact) mass is 488 g/mol. The number of benzene rings is 1. The predicted molar refractivity (Wildman–Crippen MR) is 121 cm³/mol. The first-order chi connectivity index (χ1) is 12.1. The van der Waals surface area contributed by atoms with Gasteiger partial charge in [0.25, 0.3) is 0 Å². The Balaban J connectivity index is 0.00000338. The smallest absolute Gasteiger partial charge is 0.194 e. The number of ether oxygens (including phenoxy) is 1. The van der Waals surface area contributed by atoms with E-state index in [9.17, 15) is 0 Å². The van der Waals surface area contributed by atoms with Crippen LogP contribution in [0.5, 0.6) is 5.75 Å². The van der Waals surface area contributed by atoms with E-state index in [0.717, 1.165) is 54.9 Å². The Hall–Kier alpha value is -1.35. The van der Waals surface area contributed by atoms with Gasteiger partial charge < -0.3 is 15.0 Å². The molecular weight excluding hydrogens is 459 g/mol. The fourth-order valence-electron chi connectivity index (χ4n) is 2.56. The summed E-state index contributed by atoms with van der Waals surface area (Å²) in [5.74, 6) is 1.84. The molecule has 0 saturated heterocycles. The molecule has 0 fully saturated rings. The van der Waals surface area contributed by atoms with Gasteiger partial charge in [0.2, 0.25) is 0 Å². The van der Waals surface area contributed by atoms with E-state index in [-0.39, 0.29) is 24.0 Å². The lowest BCUT2D eigenvalue weighted by Crippen LogP contribution is -2.38. The zero-order chi connectivity index (χ0) is 18.1. The van der Waals surface area contributed by atoms with Crippen LogP contribution in [0.3, 0.4) is 0 Å². The van der Waals surface area contributed by atoms with Crippen LogP contribution >= 0.6 is 35.3 Å². The lowest BCUT2D eigenvalue weighted by molar-refractivity contribution is 0.414. The highest BCUT2D eigenvalue weighted by molar-refractivity contribution is 14.0. The van der Waals surface area contributed by atoms with Crippen LogP contribution < -0.4 is 10.1 Å². The molecule has 0 radical (unpaired) electrons. The van der Waals surface area contributed by atoms with Crippen LogP contribution in [0, 0.1) is 6.92 Å². The lowest BCUT2D eigenvalue weighted by atomic mass is 10.1. The van der Waals surface area contributed by atoms with Crippen molar-refractivity contribution in [1.82, 2.24) is 15.2 Å². The van der Waals surface area contributed by atoms with Crippen LogP contribution in [0.25, 0.3) is 0 Å². The normalized spacial score (nSPS) is 11.0. The SMILES string of the molecule is CCNC(=NCCCc1cccc(OC)c1)N(C)Cc1csc(C)n1.I. The minimum Gasteiger partial charge on any atom is -0.497 e. The van der Waals surface area contributed by atoms with E-state index in [2.05, 4.69) is 46.7 Å². The second-order valence-electron chi connectivity index (χ2n) is 5.90. The molecule has 0 spiro atoms. The molecule has 144 valence electrons. The highest BCUT2D eigenvalue weighted by atomic mass is 127. The number of thiazole rings is 1. The van der Waals surface area contributed by atoms with Gasteiger partial charge in [0.1, 0.15) is 5.75 Å². The molecule has 2 rings (SSSR count). The van der Waals surface area contributed by atoms with Gasteiger partial charge in [-0.1, -0.05) is 12.1 Å². The molecule has 0 bridgehead atoms. The number of rotatable bonds is 8. The first kappa shape index (κ1) is 22.7. The van der Waals surface area contributed by atoms with Crippen LogP contribution in [-0.2, 0) is 13.0 Å². The van der Waals surface area contributed by atoms with Crippen LogP contribution in [0.1, 0.15) is 29.6 Å². The Morgan fingerprint density at radius 3 is 2.85 bits per heavy atom. The van der Waals surface area contributed by atoms with Crippen molar-refractivity contribution in [1.29, 1.82) is 0 Å². The van der Waals surface area contributed by atoms with Crippen molar-refractivity contribution < 1.29 is 4.74 Å². The molecule has 0 unspecified atom stereocenters. The highest BCUT2D eigenvalue weighted by Gasteiger charge is 2.08. The third-order valence-corrected chi connectivity index (χ3v) is 4.60. The van der Waals surface area contributed by atoms with Crippen molar-refractivity contribution in [3.8, 4) is 5.75 Å². The number of nitrogens with one attached hydrogen (secondary N) is 1. The molecule has 0 aliphatic rings. The minimum absolute atomic E-state index is 0. The van der Waals surface area contributed by atoms with Gasteiger partial charge in [-0.2, -0.15) is 0 Å². The summed E-state index contributed by atoms with van der Waals surface area (Å²) in [5.41, 5.74) is 2.37. The van der Waals surface area contributed by atoms with E-state index in [1.807, 2.05) is 19.1 Å². The Labute approximate surface area is 177 Å². The number of aromatic nitrogens is 1. The van der Waals surface area contributed by atoms with E-state index in [4.69, 9.17) is 9.73 Å². The number of aliphatic imine (C=N–C) groups is 1. The van der Waals surface area contributed by atoms with E-state index in [1.54, 1.807) is 18.4 Å². The van der Waals surface area contributed by atoms with Crippen molar-refractivity contribution in [3.05, 3.63) is 45.9 Å². The molecule has 1 aromatic heterocycles. The van der Waals surface area contributed by atoms with Crippen LogP contribution in [0.4, 0.5) is 0 Å². The summed E-state index contributed by atoms with van der Waals surface area (Å²) in [4.78, 5) is 11.4. The summed E-state index contributed by atoms with van der Waals surface area (Å²) in [6.45, 7) is 6.54. The Morgan fingerprint density at radius 2 is 2.19 bits per heavy atom. The summed E-state index contributed by atoms with van der Waals surface area (Å²) in [6, 6.07) is 8.23. The molecule has 1 N–H and O–H groups in total. The van der Waals surface area contributed by atoms with Gasteiger partial charge in [0, 0.05) is 25.5 Å². The molecule has 1 aromatic carbocycles. The van der Waals surface area contributed by atoms with Gasteiger partial charge in [-0.25, -0.2) is 4.98 Å². The molecule has 0 aliphatic heterocycles. The predicted octanol–water partition coefficient (Wildman–Crippen LogP) is 4.11. The minimum atomic E-state index is 0. The van der Waals surface area contributed by atoms with E-state index in [0.29, 0.717) is 0 Å². The summed E-state index contributed by atoms with van der Waals surface area (Å²) in [6.07, 6.45) is 2.00. The Kier molecular flexibility index (Phi) is 10.6. The number of aryl methyl sites for hydroxylation is 2. The van der Waals surface area contributed by atoms with Crippen molar-refractivity contribution in [2.75, 3.05) is 27.2 Å². The number of halogens is 1. The molecular formula is C19H29IN4OS. The zero-order valence-corrected chi connectivity index (χ0v) is 19.1. The summed E-state index contributed by atoms with van der Waals surface area (Å²) in [5, 5.41) is 6.57. The maximum absolute atomic E-state index is 5.27. The van der Waals surface area contributed by atoms with E-state index < -0.39 is 0 Å². The second kappa shape index (κ2) is 12.1. The standard InChI is InChI=1S/C19H28N4OS.HI/c1-5-20-19(23(3)13-17-14-25-15(2)22-17)21-11-7-9-16-8-6-10-18(12-16)24-4;/h6,8,10,12,14H,5,7,9,11,13H2,1-4H3,(H,20,21);1H. The Morgan fingerprint density at radius 1 is 1.38 bits per heavy atom. The number of guanidine groups is 1. The lowest BCUT2D eigenvalue weighted by Gasteiger charge is -2.21. The number of methoxy groups -OCH3 is 1.